The molecule has 0 aromatic rings. The summed E-state index contributed by atoms with van der Waals surface area (Å²) in [6.07, 6.45) is 11.2. The van der Waals surface area contributed by atoms with Crippen molar-refractivity contribution in [1.29, 1.82) is 0 Å². The number of phosphoric acid groups is 1. The molecule has 0 radical (unpaired) electrons. The van der Waals surface area contributed by atoms with Gasteiger partial charge in [-0.3, -0.25) is 0 Å². The number of thiol groups is 3. The first-order chi connectivity index (χ1) is 10.7. The monoisotopic (exact) mass is 635 g/mol. The van der Waals surface area contributed by atoms with Gasteiger partial charge in [-0.25, -0.2) is 16.5 Å². The average Bonchev–Trinajstić information content (AvgIpc) is 3.24. The van der Waals surface area contributed by atoms with Gasteiger partial charge in [0, 0.05) is 0 Å². The third-order valence-electron chi connectivity index (χ3n) is 2.31. The van der Waals surface area contributed by atoms with Crippen LogP contribution in [0.1, 0.15) is 0 Å². The SMILES string of the molecule is O=P(O[SH]1C=CC=C1)(O[SH]1C=CC=C1)O[SH]1C=CC=C1.[Mo][Re]. The van der Waals surface area contributed by atoms with Crippen LogP contribution in [0.2, 0.25) is 0 Å². The van der Waals surface area contributed by atoms with Crippen molar-refractivity contribution in [1.82, 2.24) is 0 Å². The molecule has 4 nitrogen and oxygen atoms in total. The fourth-order valence-electron chi connectivity index (χ4n) is 1.51. The van der Waals surface area contributed by atoms with Crippen molar-refractivity contribution in [2.24, 2.45) is 0 Å². The van der Waals surface area contributed by atoms with Crippen LogP contribution in [0.15, 0.2) is 68.9 Å². The van der Waals surface area contributed by atoms with Crippen molar-refractivity contribution in [2.45, 2.75) is 0 Å². The first-order valence-electron chi connectivity index (χ1n) is 5.98. The quantitative estimate of drug-likeness (QED) is 0.219. The molecular weight excluding hydrogens is 617 g/mol. The maximum atomic E-state index is 12.9. The third-order valence-corrected chi connectivity index (χ3v) is 9.77. The Morgan fingerprint density at radius 3 is 1.09 bits per heavy atom. The van der Waals surface area contributed by atoms with E-state index in [4.69, 9.17) is 11.9 Å². The second kappa shape index (κ2) is 10.1. The summed E-state index contributed by atoms with van der Waals surface area (Å²) >= 11 is 0.668. The third kappa shape index (κ3) is 6.11. The zero-order chi connectivity index (χ0) is 15.8. The Kier molecular flexibility index (Phi) is 8.81. The van der Waals surface area contributed by atoms with Gasteiger partial charge in [0.1, 0.15) is 0 Å². The van der Waals surface area contributed by atoms with Crippen LogP contribution < -0.4 is 0 Å². The molecule has 123 valence electrons. The van der Waals surface area contributed by atoms with Crippen molar-refractivity contribution < 1.29 is 49.7 Å². The molecule has 0 saturated carbocycles. The second-order valence-electron chi connectivity index (χ2n) is 3.82. The number of hydrogen-bond acceptors (Lipinski definition) is 4. The molecule has 0 aromatic carbocycles. The van der Waals surface area contributed by atoms with E-state index in [9.17, 15) is 4.57 Å². The van der Waals surface area contributed by atoms with E-state index in [-0.39, 0.29) is 0 Å². The Morgan fingerprint density at radius 1 is 0.636 bits per heavy atom. The van der Waals surface area contributed by atoms with Crippen LogP contribution in [-0.2, 0) is 49.7 Å². The van der Waals surface area contributed by atoms with Gasteiger partial charge in [0.2, 0.25) is 0 Å². The summed E-state index contributed by atoms with van der Waals surface area (Å²) in [4.78, 5) is 0. The molecule has 0 N–H and O–H groups in total. The Hall–Kier alpha value is 0.951. The molecule has 10 heteroatoms. The van der Waals surface area contributed by atoms with Crippen LogP contribution in [0.4, 0.5) is 0 Å². The van der Waals surface area contributed by atoms with Gasteiger partial charge >= 0.3 is 41.1 Å². The standard InChI is InChI=1S/C12H15O4PS3.Mo.Re/c13-17(14-18-7-1-2-8-18,15-19-9-3-4-10-19)16-20-11-5-6-12-20;;/h1-12,18-20H;;. The van der Waals surface area contributed by atoms with Gasteiger partial charge in [0.25, 0.3) is 0 Å². The van der Waals surface area contributed by atoms with Crippen LogP contribution in [0.25, 0.3) is 0 Å². The molecule has 3 aliphatic rings. The van der Waals surface area contributed by atoms with E-state index in [1.54, 1.807) is 16.3 Å². The normalized spacial score (nSPS) is 22.7. The van der Waals surface area contributed by atoms with E-state index in [2.05, 4.69) is 0 Å². The van der Waals surface area contributed by atoms with E-state index < -0.39 is 41.4 Å². The molecular formula is C12H15MoO4PReS3. The molecule has 3 aliphatic heterocycles. The van der Waals surface area contributed by atoms with Crippen molar-refractivity contribution in [3.8, 4) is 0 Å². The Balaban J connectivity index is 0.000000847. The summed E-state index contributed by atoms with van der Waals surface area (Å²) in [5.74, 6) is 0. The van der Waals surface area contributed by atoms with E-state index in [0.717, 1.165) is 0 Å². The van der Waals surface area contributed by atoms with Gasteiger partial charge in [0.15, 0.2) is 0 Å². The minimum absolute atomic E-state index is 1.02. The fraction of sp³-hybridized carbons (Fsp3) is 0. The number of allylic oxidation sites excluding steroid dienone is 6. The molecule has 0 atom stereocenters. The van der Waals surface area contributed by atoms with Crippen molar-refractivity contribution in [3.05, 3.63) is 68.9 Å². The van der Waals surface area contributed by atoms with Gasteiger partial charge in [-0.15, -0.1) is 0 Å². The average molecular weight is 633 g/mol. The van der Waals surface area contributed by atoms with E-state index in [1.807, 2.05) is 85.9 Å². The predicted octanol–water partition coefficient (Wildman–Crippen LogP) is 5.01. The zero-order valence-corrected chi connectivity index (χ0v) is 19.4. The zero-order valence-electron chi connectivity index (χ0n) is 11.1. The van der Waals surface area contributed by atoms with Crippen LogP contribution in [0, 0.1) is 0 Å². The molecule has 0 bridgehead atoms. The van der Waals surface area contributed by atoms with Gasteiger partial charge in [0.05, 0.1) is 0 Å². The van der Waals surface area contributed by atoms with Gasteiger partial charge in [-0.1, -0.05) is 70.0 Å². The number of rotatable bonds is 6. The molecule has 0 unspecified atom stereocenters. The van der Waals surface area contributed by atoms with Crippen LogP contribution in [0.5, 0.6) is 0 Å². The van der Waals surface area contributed by atoms with Gasteiger partial charge in [-0.2, -0.15) is 0 Å². The first kappa shape index (κ1) is 19.3. The first-order valence-corrected chi connectivity index (χ1v) is 19.0. The van der Waals surface area contributed by atoms with Crippen LogP contribution in [0.3, 0.4) is 0 Å². The maximum absolute atomic E-state index is 12.9. The Labute approximate surface area is 158 Å². The van der Waals surface area contributed by atoms with Crippen molar-refractivity contribution >= 4 is 41.4 Å². The summed E-state index contributed by atoms with van der Waals surface area (Å²) in [6.45, 7) is 0. The Morgan fingerprint density at radius 2 is 0.864 bits per heavy atom. The topological polar surface area (TPSA) is 44.8 Å². The molecule has 0 saturated heterocycles. The molecule has 0 aromatic heterocycles. The number of hydrogen-bond donors (Lipinski definition) is 3. The van der Waals surface area contributed by atoms with Crippen LogP contribution in [-0.4, -0.2) is 0 Å². The van der Waals surface area contributed by atoms with Crippen molar-refractivity contribution in [2.75, 3.05) is 0 Å². The molecule has 3 rings (SSSR count). The molecule has 0 spiro atoms. The van der Waals surface area contributed by atoms with Crippen LogP contribution >= 0.6 is 41.4 Å². The van der Waals surface area contributed by atoms with E-state index >= 15 is 0 Å². The summed E-state index contributed by atoms with van der Waals surface area (Å²) in [7, 11) is -3.59. The molecule has 0 amide bonds. The summed E-state index contributed by atoms with van der Waals surface area (Å²) in [5, 5.41) is 11.2. The van der Waals surface area contributed by atoms with Gasteiger partial charge in [-0.05, 0) is 32.4 Å². The van der Waals surface area contributed by atoms with Gasteiger partial charge < -0.3 is 0 Å². The van der Waals surface area contributed by atoms with E-state index in [1.165, 1.54) is 0 Å². The molecule has 22 heavy (non-hydrogen) atoms. The van der Waals surface area contributed by atoms with E-state index in [0.29, 0.717) is 0 Å². The molecule has 0 aliphatic carbocycles. The predicted molar refractivity (Wildman–Crippen MR) is 92.7 cm³/mol. The van der Waals surface area contributed by atoms with Crippen molar-refractivity contribution in [3.63, 3.8) is 0 Å². The summed E-state index contributed by atoms with van der Waals surface area (Å²) in [5.41, 5.74) is 0. The summed E-state index contributed by atoms with van der Waals surface area (Å²) < 4.78 is 29.7. The fourth-order valence-corrected chi connectivity index (χ4v) is 8.66. The molecule has 0 fully saturated rings. The minimum atomic E-state index is -3.59. The second-order valence-corrected chi connectivity index (χ2v) is 10.6. The molecule has 3 heterocycles. The Bertz CT molecular complexity index is 488. The summed E-state index contributed by atoms with van der Waals surface area (Å²) in [6, 6.07) is 0.